The maximum absolute atomic E-state index is 13.0. The molecule has 1 N–H and O–H groups in total. The first-order valence-electron chi connectivity index (χ1n) is 12.6. The number of hydrogen-bond donors (Lipinski definition) is 1. The zero-order valence-corrected chi connectivity index (χ0v) is 25.4. The second kappa shape index (κ2) is 12.1. The number of halogens is 5. The minimum atomic E-state index is -4.78. The summed E-state index contributed by atoms with van der Waals surface area (Å²) in [6, 6.07) is 1.99. The normalized spacial score (nSPS) is 15.4. The van der Waals surface area contributed by atoms with Crippen LogP contribution in [0.1, 0.15) is 51.4 Å². The van der Waals surface area contributed by atoms with Crippen molar-refractivity contribution in [2.45, 2.75) is 75.6 Å². The second-order valence-corrected chi connectivity index (χ2v) is 13.9. The molecule has 2 aromatic heterocycles. The van der Waals surface area contributed by atoms with Crippen LogP contribution in [0.5, 0.6) is 0 Å². The smallest absolute Gasteiger partial charge is 0.404 e. The highest BCUT2D eigenvalue weighted by Crippen LogP contribution is 2.44. The fraction of sp³-hybridized carbons (Fsp3) is 0.462. The van der Waals surface area contributed by atoms with Crippen molar-refractivity contribution in [1.29, 1.82) is 0 Å². The van der Waals surface area contributed by atoms with E-state index in [-0.39, 0.29) is 5.02 Å². The lowest BCUT2D eigenvalue weighted by Crippen LogP contribution is -2.43. The Balaban J connectivity index is 1.73. The zero-order valence-electron chi connectivity index (χ0n) is 22.3. The molecule has 1 aliphatic rings. The van der Waals surface area contributed by atoms with Gasteiger partial charge in [-0.25, -0.2) is 23.4 Å². The first-order chi connectivity index (χ1) is 19.1. The van der Waals surface area contributed by atoms with Crippen LogP contribution in [0.4, 0.5) is 13.2 Å². The van der Waals surface area contributed by atoms with Crippen LogP contribution >= 0.6 is 34.5 Å². The Morgan fingerprint density at radius 2 is 1.90 bits per heavy atom. The van der Waals surface area contributed by atoms with E-state index < -0.39 is 37.8 Å². The van der Waals surface area contributed by atoms with Gasteiger partial charge in [-0.3, -0.25) is 4.79 Å². The molecule has 0 aliphatic heterocycles. The zero-order chi connectivity index (χ0) is 30.2. The van der Waals surface area contributed by atoms with Gasteiger partial charge >= 0.3 is 6.18 Å². The molecular weight excluding hydrogens is 624 g/mol. The van der Waals surface area contributed by atoms with Gasteiger partial charge < -0.3 is 4.74 Å². The van der Waals surface area contributed by atoms with Crippen molar-refractivity contribution in [3.05, 3.63) is 46.0 Å². The van der Waals surface area contributed by atoms with Crippen molar-refractivity contribution >= 4 is 51.0 Å². The van der Waals surface area contributed by atoms with E-state index in [2.05, 4.69) is 9.97 Å². The van der Waals surface area contributed by atoms with Crippen molar-refractivity contribution < 1.29 is 31.1 Å². The number of sulfonamides is 1. The standard InChI is InChI=1S/C26H27Cl2F3N4O4S2/c1-14(26(29,30)31)35-41(37,38)20-8-7-17(21(27)22(20)28)23-18(9-15-5-4-6-15)34-24(40-23)19-10-16(32-12-33-19)11-25(2,3)39-13-36/h7-8,10,12-15,35H,4-6,9,11H2,1-3H3/t14-/m0/s1. The summed E-state index contributed by atoms with van der Waals surface area (Å²) in [5, 5.41) is 0.0596. The lowest BCUT2D eigenvalue weighted by atomic mass is 9.82. The summed E-state index contributed by atoms with van der Waals surface area (Å²) < 4.78 is 71.2. The molecule has 222 valence electrons. The molecule has 0 amide bonds. The third-order valence-corrected chi connectivity index (χ3v) is 10.5. The first-order valence-corrected chi connectivity index (χ1v) is 15.7. The van der Waals surface area contributed by atoms with Crippen LogP contribution in [-0.4, -0.2) is 47.7 Å². The Morgan fingerprint density at radius 3 is 2.51 bits per heavy atom. The van der Waals surface area contributed by atoms with Crippen LogP contribution < -0.4 is 4.72 Å². The largest absolute Gasteiger partial charge is 0.461 e. The summed E-state index contributed by atoms with van der Waals surface area (Å²) >= 11 is 14.2. The van der Waals surface area contributed by atoms with Crippen LogP contribution in [0.25, 0.3) is 21.1 Å². The number of aromatic nitrogens is 3. The molecular formula is C26H27Cl2F3N4O4S2. The molecule has 1 saturated carbocycles. The molecule has 1 aliphatic carbocycles. The third-order valence-electron chi connectivity index (χ3n) is 6.72. The molecule has 41 heavy (non-hydrogen) atoms. The van der Waals surface area contributed by atoms with Crippen molar-refractivity contribution in [2.24, 2.45) is 5.92 Å². The van der Waals surface area contributed by atoms with Gasteiger partial charge in [-0.1, -0.05) is 48.5 Å². The predicted octanol–water partition coefficient (Wildman–Crippen LogP) is 6.64. The Labute approximate surface area is 249 Å². The highest BCUT2D eigenvalue weighted by atomic mass is 35.5. The Morgan fingerprint density at radius 1 is 1.20 bits per heavy atom. The monoisotopic (exact) mass is 650 g/mol. The molecule has 0 unspecified atom stereocenters. The molecule has 0 radical (unpaired) electrons. The minimum absolute atomic E-state index is 0.115. The van der Waals surface area contributed by atoms with E-state index in [0.717, 1.165) is 31.0 Å². The second-order valence-electron chi connectivity index (χ2n) is 10.5. The van der Waals surface area contributed by atoms with Gasteiger partial charge in [0.2, 0.25) is 10.0 Å². The molecule has 15 heteroatoms. The van der Waals surface area contributed by atoms with Crippen LogP contribution in [0, 0.1) is 5.92 Å². The molecule has 1 fully saturated rings. The van der Waals surface area contributed by atoms with Gasteiger partial charge in [0.05, 0.1) is 20.6 Å². The summed E-state index contributed by atoms with van der Waals surface area (Å²) in [6.07, 6.45) is 0.821. The number of rotatable bonds is 11. The van der Waals surface area contributed by atoms with E-state index in [4.69, 9.17) is 32.9 Å². The number of alkyl halides is 3. The fourth-order valence-corrected chi connectivity index (χ4v) is 7.52. The summed E-state index contributed by atoms with van der Waals surface area (Å²) in [5.41, 5.74) is 1.53. The Hall–Kier alpha value is -2.32. The van der Waals surface area contributed by atoms with Gasteiger partial charge in [0, 0.05) is 17.7 Å². The molecule has 0 bridgehead atoms. The van der Waals surface area contributed by atoms with E-state index in [9.17, 15) is 26.4 Å². The molecule has 8 nitrogen and oxygen atoms in total. The number of benzene rings is 1. The van der Waals surface area contributed by atoms with E-state index in [1.165, 1.54) is 23.7 Å². The van der Waals surface area contributed by atoms with Crippen molar-refractivity contribution in [3.63, 3.8) is 0 Å². The van der Waals surface area contributed by atoms with Crippen LogP contribution in [0.3, 0.4) is 0 Å². The highest BCUT2D eigenvalue weighted by molar-refractivity contribution is 7.89. The summed E-state index contributed by atoms with van der Waals surface area (Å²) in [6.45, 7) is 4.61. The van der Waals surface area contributed by atoms with Gasteiger partial charge in [-0.15, -0.1) is 11.3 Å². The molecule has 0 spiro atoms. The van der Waals surface area contributed by atoms with Crippen molar-refractivity contribution in [2.75, 3.05) is 0 Å². The molecule has 4 rings (SSSR count). The predicted molar refractivity (Wildman–Crippen MR) is 150 cm³/mol. The maximum Gasteiger partial charge on any atom is 0.404 e. The lowest BCUT2D eigenvalue weighted by molar-refractivity contribution is -0.147. The summed E-state index contributed by atoms with van der Waals surface area (Å²) in [7, 11) is -4.63. The topological polar surface area (TPSA) is 111 Å². The van der Waals surface area contributed by atoms with Crippen molar-refractivity contribution in [3.8, 4) is 21.1 Å². The fourth-order valence-electron chi connectivity index (χ4n) is 4.28. The van der Waals surface area contributed by atoms with Crippen LogP contribution in [-0.2, 0) is 32.4 Å². The van der Waals surface area contributed by atoms with E-state index in [1.807, 2.05) is 0 Å². The van der Waals surface area contributed by atoms with Gasteiger partial charge in [-0.05, 0) is 45.2 Å². The van der Waals surface area contributed by atoms with E-state index in [1.54, 1.807) is 24.6 Å². The average molecular weight is 652 g/mol. The molecule has 0 saturated heterocycles. The van der Waals surface area contributed by atoms with Crippen LogP contribution in [0.2, 0.25) is 10.0 Å². The van der Waals surface area contributed by atoms with Gasteiger partial charge in [-0.2, -0.15) is 17.9 Å². The van der Waals surface area contributed by atoms with Gasteiger partial charge in [0.25, 0.3) is 6.47 Å². The van der Waals surface area contributed by atoms with Gasteiger partial charge in [0.1, 0.15) is 33.6 Å². The van der Waals surface area contributed by atoms with Crippen molar-refractivity contribution in [1.82, 2.24) is 19.7 Å². The Kier molecular flexibility index (Phi) is 9.34. The molecule has 1 aromatic carbocycles. The van der Waals surface area contributed by atoms with E-state index in [0.29, 0.717) is 59.0 Å². The number of thiazole rings is 1. The molecule has 2 heterocycles. The number of ether oxygens (including phenoxy) is 1. The lowest BCUT2D eigenvalue weighted by Gasteiger charge is -2.24. The highest BCUT2D eigenvalue weighted by Gasteiger charge is 2.39. The quantitative estimate of drug-likeness (QED) is 0.232. The number of carbonyl (C=O) groups excluding carboxylic acids is 1. The Bertz CT molecular complexity index is 1540. The van der Waals surface area contributed by atoms with E-state index >= 15 is 0 Å². The molecule has 3 aromatic rings. The number of carbonyl (C=O) groups is 1. The SMILES string of the molecule is C[C@H](NS(=O)(=O)c1ccc(-c2sc(-c3cc(CC(C)(C)OC=O)ncn3)nc2CC2CCC2)c(Cl)c1Cl)C(F)(F)F. The summed E-state index contributed by atoms with van der Waals surface area (Å²) in [5.74, 6) is 0.424. The third kappa shape index (κ3) is 7.37. The first kappa shape index (κ1) is 31.6. The number of nitrogens with one attached hydrogen (secondary N) is 1. The van der Waals surface area contributed by atoms with Crippen LogP contribution in [0.15, 0.2) is 29.4 Å². The number of nitrogens with zero attached hydrogens (tertiary/aromatic N) is 3. The maximum atomic E-state index is 13.0. The van der Waals surface area contributed by atoms with Gasteiger partial charge in [0.15, 0.2) is 0 Å². The summed E-state index contributed by atoms with van der Waals surface area (Å²) in [4.78, 5) is 24.4. The molecule has 1 atom stereocenters. The average Bonchev–Trinajstić information content (AvgIpc) is 3.25. The minimum Gasteiger partial charge on any atom is -0.461 e. The number of hydrogen-bond acceptors (Lipinski definition) is 8.